The lowest BCUT2D eigenvalue weighted by molar-refractivity contribution is -0.0548. The summed E-state index contributed by atoms with van der Waals surface area (Å²) in [7, 11) is 0. The smallest absolute Gasteiger partial charge is 0.240 e. The molecule has 1 aromatic rings. The Bertz CT molecular complexity index is 467. The Morgan fingerprint density at radius 2 is 2.47 bits per heavy atom. The predicted octanol–water partition coefficient (Wildman–Crippen LogP) is 0.328. The van der Waals surface area contributed by atoms with Gasteiger partial charge in [-0.05, 0) is 19.4 Å². The number of hydrogen-bond acceptors (Lipinski definition) is 6. The average molecular weight is 262 g/mol. The summed E-state index contributed by atoms with van der Waals surface area (Å²) >= 11 is 0. The van der Waals surface area contributed by atoms with E-state index in [1.807, 2.05) is 0 Å². The Balaban J connectivity index is 1.58. The lowest BCUT2D eigenvalue weighted by Gasteiger charge is -2.33. The standard InChI is InChI=1S/C13H18N4O2/c1-2-5-14-7-12-15-13(16-19-12)11-8-17-6-3-4-10(17)9-18-11/h1,10-11,14H,3-9H2. The van der Waals surface area contributed by atoms with E-state index in [2.05, 4.69) is 26.3 Å². The quantitative estimate of drug-likeness (QED) is 0.623. The summed E-state index contributed by atoms with van der Waals surface area (Å²) in [6, 6.07) is 0.583. The molecule has 2 saturated heterocycles. The maximum Gasteiger partial charge on any atom is 0.240 e. The fourth-order valence-electron chi connectivity index (χ4n) is 2.69. The molecular formula is C13H18N4O2. The van der Waals surface area contributed by atoms with Crippen molar-refractivity contribution in [2.24, 2.45) is 0 Å². The number of nitrogens with one attached hydrogen (secondary N) is 1. The molecular weight excluding hydrogens is 244 g/mol. The Labute approximate surface area is 112 Å². The second kappa shape index (κ2) is 5.70. The highest BCUT2D eigenvalue weighted by Gasteiger charge is 2.34. The topological polar surface area (TPSA) is 63.4 Å². The molecule has 6 nitrogen and oxygen atoms in total. The Hall–Kier alpha value is -1.42. The van der Waals surface area contributed by atoms with Crippen LogP contribution in [0, 0.1) is 12.3 Å². The minimum atomic E-state index is -0.0699. The van der Waals surface area contributed by atoms with Gasteiger partial charge < -0.3 is 9.26 Å². The summed E-state index contributed by atoms with van der Waals surface area (Å²) < 4.78 is 11.0. The van der Waals surface area contributed by atoms with E-state index < -0.39 is 0 Å². The van der Waals surface area contributed by atoms with Gasteiger partial charge in [0.25, 0.3) is 0 Å². The van der Waals surface area contributed by atoms with Crippen LogP contribution in [0.25, 0.3) is 0 Å². The molecule has 19 heavy (non-hydrogen) atoms. The van der Waals surface area contributed by atoms with E-state index in [0.29, 0.717) is 30.8 Å². The predicted molar refractivity (Wildman–Crippen MR) is 68.1 cm³/mol. The molecule has 0 spiro atoms. The van der Waals surface area contributed by atoms with Crippen molar-refractivity contribution >= 4 is 0 Å². The summed E-state index contributed by atoms with van der Waals surface area (Å²) in [6.45, 7) is 3.77. The maximum absolute atomic E-state index is 5.84. The number of nitrogens with zero attached hydrogens (tertiary/aromatic N) is 3. The van der Waals surface area contributed by atoms with Crippen molar-refractivity contribution in [1.82, 2.24) is 20.4 Å². The summed E-state index contributed by atoms with van der Waals surface area (Å²) in [6.07, 6.45) is 7.58. The van der Waals surface area contributed by atoms with E-state index in [1.54, 1.807) is 0 Å². The number of hydrogen-bond donors (Lipinski definition) is 1. The lowest BCUT2D eigenvalue weighted by atomic mass is 10.2. The maximum atomic E-state index is 5.84. The van der Waals surface area contributed by atoms with E-state index in [9.17, 15) is 0 Å². The largest absolute Gasteiger partial charge is 0.367 e. The summed E-state index contributed by atoms with van der Waals surface area (Å²) in [4.78, 5) is 6.82. The minimum absolute atomic E-state index is 0.0699. The van der Waals surface area contributed by atoms with Crippen LogP contribution >= 0.6 is 0 Å². The molecule has 0 aliphatic carbocycles. The highest BCUT2D eigenvalue weighted by molar-refractivity contribution is 4.97. The second-order valence-corrected chi connectivity index (χ2v) is 4.97. The molecule has 2 unspecified atom stereocenters. The SMILES string of the molecule is C#CCNCc1nc(C2CN3CCCC3CO2)no1. The van der Waals surface area contributed by atoms with E-state index in [1.165, 1.54) is 12.8 Å². The fraction of sp³-hybridized carbons (Fsp3) is 0.692. The van der Waals surface area contributed by atoms with Crippen molar-refractivity contribution in [2.45, 2.75) is 31.5 Å². The van der Waals surface area contributed by atoms with E-state index >= 15 is 0 Å². The van der Waals surface area contributed by atoms with Crippen LogP contribution in [0.1, 0.15) is 30.7 Å². The van der Waals surface area contributed by atoms with Crippen molar-refractivity contribution in [1.29, 1.82) is 0 Å². The number of rotatable bonds is 4. The molecule has 3 rings (SSSR count). The van der Waals surface area contributed by atoms with Gasteiger partial charge in [-0.3, -0.25) is 10.2 Å². The molecule has 6 heteroatoms. The van der Waals surface area contributed by atoms with Gasteiger partial charge in [0.1, 0.15) is 6.10 Å². The van der Waals surface area contributed by atoms with Gasteiger partial charge in [0.05, 0.1) is 19.7 Å². The zero-order chi connectivity index (χ0) is 13.1. The first-order valence-electron chi connectivity index (χ1n) is 6.69. The Kier molecular flexibility index (Phi) is 3.78. The molecule has 0 aromatic carbocycles. The van der Waals surface area contributed by atoms with Gasteiger partial charge in [-0.2, -0.15) is 4.98 Å². The van der Waals surface area contributed by atoms with Gasteiger partial charge in [-0.25, -0.2) is 0 Å². The van der Waals surface area contributed by atoms with E-state index in [0.717, 1.165) is 19.7 Å². The summed E-state index contributed by atoms with van der Waals surface area (Å²) in [5, 5.41) is 7.02. The Morgan fingerprint density at radius 3 is 3.37 bits per heavy atom. The van der Waals surface area contributed by atoms with Crippen LogP contribution in [0.4, 0.5) is 0 Å². The number of terminal acetylenes is 1. The molecule has 2 aliphatic heterocycles. The van der Waals surface area contributed by atoms with Gasteiger partial charge >= 0.3 is 0 Å². The van der Waals surface area contributed by atoms with Crippen LogP contribution in [-0.2, 0) is 11.3 Å². The summed E-state index contributed by atoms with van der Waals surface area (Å²) in [5.74, 6) is 3.70. The molecule has 3 heterocycles. The Morgan fingerprint density at radius 1 is 1.53 bits per heavy atom. The van der Waals surface area contributed by atoms with Crippen LogP contribution in [0.15, 0.2) is 4.52 Å². The van der Waals surface area contributed by atoms with Crippen molar-refractivity contribution in [3.63, 3.8) is 0 Å². The normalized spacial score (nSPS) is 27.1. The van der Waals surface area contributed by atoms with Crippen LogP contribution in [0.3, 0.4) is 0 Å². The third-order valence-electron chi connectivity index (χ3n) is 3.66. The minimum Gasteiger partial charge on any atom is -0.367 e. The first-order valence-corrected chi connectivity index (χ1v) is 6.69. The van der Waals surface area contributed by atoms with E-state index in [4.69, 9.17) is 15.7 Å². The van der Waals surface area contributed by atoms with Crippen molar-refractivity contribution in [2.75, 3.05) is 26.2 Å². The van der Waals surface area contributed by atoms with Gasteiger partial charge in [0, 0.05) is 12.6 Å². The number of ether oxygens (including phenoxy) is 1. The molecule has 0 saturated carbocycles. The number of fused-ring (bicyclic) bond motifs is 1. The van der Waals surface area contributed by atoms with Crippen LogP contribution in [-0.4, -0.2) is 47.3 Å². The monoisotopic (exact) mass is 262 g/mol. The van der Waals surface area contributed by atoms with Crippen LogP contribution in [0.5, 0.6) is 0 Å². The number of morpholine rings is 1. The number of aromatic nitrogens is 2. The highest BCUT2D eigenvalue weighted by atomic mass is 16.5. The fourth-order valence-corrected chi connectivity index (χ4v) is 2.69. The highest BCUT2D eigenvalue weighted by Crippen LogP contribution is 2.28. The van der Waals surface area contributed by atoms with Crippen LogP contribution in [0.2, 0.25) is 0 Å². The van der Waals surface area contributed by atoms with Crippen molar-refractivity contribution in [3.05, 3.63) is 11.7 Å². The molecule has 2 fully saturated rings. The van der Waals surface area contributed by atoms with Gasteiger partial charge in [-0.15, -0.1) is 6.42 Å². The third kappa shape index (κ3) is 2.78. The molecule has 0 radical (unpaired) electrons. The molecule has 102 valence electrons. The first-order chi connectivity index (χ1) is 9.36. The van der Waals surface area contributed by atoms with Crippen LogP contribution < -0.4 is 5.32 Å². The molecule has 1 N–H and O–H groups in total. The van der Waals surface area contributed by atoms with Crippen molar-refractivity contribution in [3.8, 4) is 12.3 Å². The lowest BCUT2D eigenvalue weighted by Crippen LogP contribution is -2.42. The average Bonchev–Trinajstić information content (AvgIpc) is 3.06. The van der Waals surface area contributed by atoms with Gasteiger partial charge in [0.15, 0.2) is 0 Å². The first kappa shape index (κ1) is 12.6. The molecule has 1 aromatic heterocycles. The van der Waals surface area contributed by atoms with E-state index in [-0.39, 0.29) is 6.10 Å². The van der Waals surface area contributed by atoms with Crippen molar-refractivity contribution < 1.29 is 9.26 Å². The zero-order valence-electron chi connectivity index (χ0n) is 10.8. The molecule has 0 bridgehead atoms. The molecule has 2 atom stereocenters. The zero-order valence-corrected chi connectivity index (χ0v) is 10.8. The van der Waals surface area contributed by atoms with Gasteiger partial charge in [0.2, 0.25) is 11.7 Å². The second-order valence-electron chi connectivity index (χ2n) is 4.97. The van der Waals surface area contributed by atoms with Gasteiger partial charge in [-0.1, -0.05) is 11.1 Å². The summed E-state index contributed by atoms with van der Waals surface area (Å²) in [5.41, 5.74) is 0. The molecule has 2 aliphatic rings. The molecule has 0 amide bonds. The third-order valence-corrected chi connectivity index (χ3v) is 3.66.